The first-order valence-corrected chi connectivity index (χ1v) is 7.88. The molecule has 0 saturated heterocycles. The number of benzene rings is 1. The van der Waals surface area contributed by atoms with Crippen LogP contribution in [0.5, 0.6) is 0 Å². The molecule has 0 aliphatic heterocycles. The molecule has 0 aliphatic carbocycles. The second-order valence-corrected chi connectivity index (χ2v) is 5.52. The van der Waals surface area contributed by atoms with Gasteiger partial charge in [-0.2, -0.15) is 0 Å². The first-order valence-electron chi connectivity index (χ1n) is 7.88. The van der Waals surface area contributed by atoms with Crippen LogP contribution in [0.3, 0.4) is 0 Å². The van der Waals surface area contributed by atoms with Crippen LogP contribution in [0.25, 0.3) is 11.0 Å². The molecule has 0 aliphatic rings. The maximum atomic E-state index is 10.1. The van der Waals surface area contributed by atoms with Crippen molar-refractivity contribution < 1.29 is 9.84 Å². The van der Waals surface area contributed by atoms with Gasteiger partial charge in [-0.1, -0.05) is 30.3 Å². The summed E-state index contributed by atoms with van der Waals surface area (Å²) >= 11 is 0. The molecular weight excluding hydrogens is 304 g/mol. The van der Waals surface area contributed by atoms with E-state index in [-0.39, 0.29) is 12.7 Å². The second kappa shape index (κ2) is 7.81. The Morgan fingerprint density at radius 2 is 1.92 bits per heavy atom. The lowest BCUT2D eigenvalue weighted by Crippen LogP contribution is -2.26. The van der Waals surface area contributed by atoms with Crippen molar-refractivity contribution in [1.29, 1.82) is 0 Å². The minimum absolute atomic E-state index is 0.0649. The average Bonchev–Trinajstić information content (AvgIpc) is 2.65. The topological polar surface area (TPSA) is 80.2 Å². The van der Waals surface area contributed by atoms with E-state index in [1.807, 2.05) is 49.4 Å². The third-order valence-corrected chi connectivity index (χ3v) is 3.72. The molecule has 2 heterocycles. The number of rotatable bonds is 7. The van der Waals surface area contributed by atoms with Gasteiger partial charge in [-0.05, 0) is 24.6 Å². The van der Waals surface area contributed by atoms with E-state index < -0.39 is 6.10 Å². The van der Waals surface area contributed by atoms with E-state index in [0.717, 1.165) is 10.9 Å². The minimum Gasteiger partial charge on any atom is -0.389 e. The SMILES string of the molecule is C[C@@H](OC[C@@H](O)CNc1ncnc2ncccc12)c1ccccc1. The Bertz CT molecular complexity index is 777. The van der Waals surface area contributed by atoms with Crippen LogP contribution < -0.4 is 5.32 Å². The normalized spacial score (nSPS) is 13.6. The highest BCUT2D eigenvalue weighted by Crippen LogP contribution is 2.18. The van der Waals surface area contributed by atoms with Crippen molar-refractivity contribution in [2.24, 2.45) is 0 Å². The van der Waals surface area contributed by atoms with Gasteiger partial charge in [0.15, 0.2) is 5.65 Å². The average molecular weight is 324 g/mol. The lowest BCUT2D eigenvalue weighted by Gasteiger charge is -2.17. The largest absolute Gasteiger partial charge is 0.389 e. The van der Waals surface area contributed by atoms with Crippen molar-refractivity contribution in [3.8, 4) is 0 Å². The van der Waals surface area contributed by atoms with Gasteiger partial charge in [0.1, 0.15) is 12.1 Å². The number of nitrogens with one attached hydrogen (secondary N) is 1. The number of nitrogens with zero attached hydrogens (tertiary/aromatic N) is 3. The third-order valence-electron chi connectivity index (χ3n) is 3.72. The van der Waals surface area contributed by atoms with Crippen LogP contribution >= 0.6 is 0 Å². The zero-order valence-corrected chi connectivity index (χ0v) is 13.5. The molecule has 0 bridgehead atoms. The van der Waals surface area contributed by atoms with Gasteiger partial charge >= 0.3 is 0 Å². The number of aliphatic hydroxyl groups excluding tert-OH is 1. The molecule has 3 rings (SSSR count). The molecule has 0 unspecified atom stereocenters. The van der Waals surface area contributed by atoms with Crippen molar-refractivity contribution >= 4 is 16.9 Å². The van der Waals surface area contributed by atoms with Gasteiger partial charge in [-0.3, -0.25) is 0 Å². The van der Waals surface area contributed by atoms with Crippen LogP contribution in [0.4, 0.5) is 5.82 Å². The van der Waals surface area contributed by atoms with Crippen molar-refractivity contribution in [3.05, 3.63) is 60.6 Å². The number of anilines is 1. The molecule has 24 heavy (non-hydrogen) atoms. The van der Waals surface area contributed by atoms with Gasteiger partial charge in [-0.15, -0.1) is 0 Å². The van der Waals surface area contributed by atoms with Crippen LogP contribution in [0, 0.1) is 0 Å². The predicted molar refractivity (Wildman–Crippen MR) is 92.6 cm³/mol. The Morgan fingerprint density at radius 3 is 2.75 bits per heavy atom. The maximum Gasteiger partial charge on any atom is 0.164 e. The van der Waals surface area contributed by atoms with Crippen LogP contribution in [-0.2, 0) is 4.74 Å². The van der Waals surface area contributed by atoms with Crippen LogP contribution in [0.1, 0.15) is 18.6 Å². The maximum absolute atomic E-state index is 10.1. The first-order chi connectivity index (χ1) is 11.7. The van der Waals surface area contributed by atoms with Crippen molar-refractivity contribution in [3.63, 3.8) is 0 Å². The minimum atomic E-state index is -0.641. The summed E-state index contributed by atoms with van der Waals surface area (Å²) in [4.78, 5) is 12.5. The van der Waals surface area contributed by atoms with Crippen LogP contribution in [0.15, 0.2) is 55.0 Å². The van der Waals surface area contributed by atoms with Crippen LogP contribution in [0.2, 0.25) is 0 Å². The van der Waals surface area contributed by atoms with Gasteiger partial charge < -0.3 is 15.2 Å². The number of aromatic nitrogens is 3. The molecule has 6 nitrogen and oxygen atoms in total. The number of hydrogen-bond donors (Lipinski definition) is 2. The number of hydrogen-bond acceptors (Lipinski definition) is 6. The van der Waals surface area contributed by atoms with E-state index in [4.69, 9.17) is 4.74 Å². The van der Waals surface area contributed by atoms with Crippen LogP contribution in [-0.4, -0.2) is 39.3 Å². The Morgan fingerprint density at radius 1 is 1.08 bits per heavy atom. The van der Waals surface area contributed by atoms with E-state index in [9.17, 15) is 5.11 Å². The Kier molecular flexibility index (Phi) is 5.30. The van der Waals surface area contributed by atoms with E-state index >= 15 is 0 Å². The molecule has 0 radical (unpaired) electrons. The van der Waals surface area contributed by atoms with Crippen molar-refractivity contribution in [2.45, 2.75) is 19.1 Å². The molecule has 2 aromatic heterocycles. The number of pyridine rings is 1. The van der Waals surface area contributed by atoms with E-state index in [1.165, 1.54) is 6.33 Å². The predicted octanol–water partition coefficient (Wildman–Crippen LogP) is 2.58. The lowest BCUT2D eigenvalue weighted by atomic mass is 10.1. The molecular formula is C18H20N4O2. The molecule has 0 saturated carbocycles. The summed E-state index contributed by atoms with van der Waals surface area (Å²) in [6.07, 6.45) is 2.44. The monoisotopic (exact) mass is 324 g/mol. The van der Waals surface area contributed by atoms with Gasteiger partial charge in [0.2, 0.25) is 0 Å². The Hall–Kier alpha value is -2.57. The van der Waals surface area contributed by atoms with Crippen molar-refractivity contribution in [1.82, 2.24) is 15.0 Å². The molecule has 0 spiro atoms. The summed E-state index contributed by atoms with van der Waals surface area (Å²) < 4.78 is 5.73. The zero-order valence-electron chi connectivity index (χ0n) is 13.5. The number of fused-ring (bicyclic) bond motifs is 1. The standard InChI is InChI=1S/C18H20N4O2/c1-13(14-6-3-2-4-7-14)24-11-15(23)10-20-18-16-8-5-9-19-17(16)21-12-22-18/h2-9,12-13,15,23H,10-11H2,1H3,(H,19,20,21,22)/t13-,15+/m1/s1. The Labute approximate surface area is 140 Å². The molecule has 2 atom stereocenters. The van der Waals surface area contributed by atoms with E-state index in [2.05, 4.69) is 20.3 Å². The van der Waals surface area contributed by atoms with Crippen molar-refractivity contribution in [2.75, 3.05) is 18.5 Å². The summed E-state index contributed by atoms with van der Waals surface area (Å²) in [7, 11) is 0. The van der Waals surface area contributed by atoms with Gasteiger partial charge in [0.25, 0.3) is 0 Å². The molecule has 0 fully saturated rings. The first kappa shape index (κ1) is 16.3. The summed E-state index contributed by atoms with van der Waals surface area (Å²) in [5.74, 6) is 0.656. The number of ether oxygens (including phenoxy) is 1. The summed E-state index contributed by atoms with van der Waals surface area (Å²) in [6.45, 7) is 2.55. The highest BCUT2D eigenvalue weighted by atomic mass is 16.5. The lowest BCUT2D eigenvalue weighted by molar-refractivity contribution is 0.00242. The highest BCUT2D eigenvalue weighted by molar-refractivity contribution is 5.85. The fourth-order valence-electron chi connectivity index (χ4n) is 2.39. The zero-order chi connectivity index (χ0) is 16.8. The summed E-state index contributed by atoms with van der Waals surface area (Å²) in [5.41, 5.74) is 1.71. The smallest absolute Gasteiger partial charge is 0.164 e. The number of aliphatic hydroxyl groups is 1. The molecule has 1 aromatic carbocycles. The van der Waals surface area contributed by atoms with Gasteiger partial charge in [-0.25, -0.2) is 15.0 Å². The Balaban J connectivity index is 1.53. The fraction of sp³-hybridized carbons (Fsp3) is 0.278. The summed E-state index contributed by atoms with van der Waals surface area (Å²) in [5, 5.41) is 14.1. The van der Waals surface area contributed by atoms with Gasteiger partial charge in [0.05, 0.1) is 24.2 Å². The molecule has 6 heteroatoms. The van der Waals surface area contributed by atoms with E-state index in [0.29, 0.717) is 18.0 Å². The molecule has 3 aromatic rings. The molecule has 0 amide bonds. The highest BCUT2D eigenvalue weighted by Gasteiger charge is 2.11. The second-order valence-electron chi connectivity index (χ2n) is 5.52. The quantitative estimate of drug-likeness (QED) is 0.695. The van der Waals surface area contributed by atoms with E-state index in [1.54, 1.807) is 6.20 Å². The summed E-state index contributed by atoms with van der Waals surface area (Å²) in [6, 6.07) is 13.7. The molecule has 124 valence electrons. The third kappa shape index (κ3) is 4.04. The molecule has 2 N–H and O–H groups in total. The van der Waals surface area contributed by atoms with Gasteiger partial charge in [0, 0.05) is 12.7 Å². The fourth-order valence-corrected chi connectivity index (χ4v) is 2.39.